The lowest BCUT2D eigenvalue weighted by Crippen LogP contribution is -2.28. The van der Waals surface area contributed by atoms with Crippen molar-refractivity contribution in [2.75, 3.05) is 20.3 Å². The van der Waals surface area contributed by atoms with Gasteiger partial charge in [-0.1, -0.05) is 0 Å². The minimum absolute atomic E-state index is 0.229. The molecule has 0 saturated heterocycles. The van der Waals surface area contributed by atoms with Gasteiger partial charge in [0.2, 0.25) is 5.88 Å². The normalized spacial score (nSPS) is 12.5. The summed E-state index contributed by atoms with van der Waals surface area (Å²) in [6, 6.07) is 3.68. The number of nitrogens with zero attached hydrogens (tertiary/aromatic N) is 1. The molecule has 0 fully saturated rings. The number of methoxy groups -OCH3 is 1. The van der Waals surface area contributed by atoms with Gasteiger partial charge in [-0.05, 0) is 11.6 Å². The van der Waals surface area contributed by atoms with Crippen molar-refractivity contribution in [1.82, 2.24) is 10.3 Å². The fourth-order valence-corrected chi connectivity index (χ4v) is 1.12. The molecule has 0 radical (unpaired) electrons. The average Bonchev–Trinajstić information content (AvgIpc) is 2.29. The first kappa shape index (κ1) is 11.9. The molecule has 15 heavy (non-hydrogen) atoms. The van der Waals surface area contributed by atoms with Gasteiger partial charge in [0.05, 0.1) is 19.8 Å². The van der Waals surface area contributed by atoms with Crippen LogP contribution in [0.4, 0.5) is 0 Å². The largest absolute Gasteiger partial charge is 0.481 e. The summed E-state index contributed by atoms with van der Waals surface area (Å²) in [4.78, 5) is 3.98. The van der Waals surface area contributed by atoms with E-state index in [0.717, 1.165) is 5.56 Å². The summed E-state index contributed by atoms with van der Waals surface area (Å²) < 4.78 is 4.98. The molecule has 1 atom stereocenters. The summed E-state index contributed by atoms with van der Waals surface area (Å²) in [5, 5.41) is 20.7. The Bertz CT molecular complexity index is 294. The highest BCUT2D eigenvalue weighted by molar-refractivity contribution is 5.20. The summed E-state index contributed by atoms with van der Waals surface area (Å²) in [7, 11) is 1.56. The second-order valence-electron chi connectivity index (χ2n) is 3.17. The van der Waals surface area contributed by atoms with Gasteiger partial charge < -0.3 is 20.3 Å². The maximum absolute atomic E-state index is 9.09. The maximum atomic E-state index is 9.09. The summed E-state index contributed by atoms with van der Waals surface area (Å²) in [5.74, 6) is 0.567. The molecule has 0 spiro atoms. The molecule has 0 amide bonds. The Morgan fingerprint density at radius 2 is 2.40 bits per heavy atom. The van der Waals surface area contributed by atoms with E-state index in [4.69, 9.17) is 14.9 Å². The number of rotatable bonds is 6. The molecule has 0 aliphatic carbocycles. The van der Waals surface area contributed by atoms with Gasteiger partial charge in [-0.15, -0.1) is 0 Å². The van der Waals surface area contributed by atoms with E-state index >= 15 is 0 Å². The zero-order chi connectivity index (χ0) is 11.1. The van der Waals surface area contributed by atoms with Gasteiger partial charge in [-0.25, -0.2) is 4.98 Å². The van der Waals surface area contributed by atoms with E-state index in [1.54, 1.807) is 13.3 Å². The summed E-state index contributed by atoms with van der Waals surface area (Å²) >= 11 is 0. The molecule has 1 aromatic heterocycles. The van der Waals surface area contributed by atoms with Crippen LogP contribution in [0.1, 0.15) is 5.56 Å². The van der Waals surface area contributed by atoms with Gasteiger partial charge in [-0.3, -0.25) is 0 Å². The van der Waals surface area contributed by atoms with Crippen molar-refractivity contribution in [3.05, 3.63) is 23.9 Å². The molecule has 0 aliphatic heterocycles. The first-order valence-corrected chi connectivity index (χ1v) is 4.75. The van der Waals surface area contributed by atoms with Gasteiger partial charge >= 0.3 is 0 Å². The molecule has 3 N–H and O–H groups in total. The Labute approximate surface area is 88.7 Å². The molecule has 1 heterocycles. The number of nitrogens with one attached hydrogen (secondary N) is 1. The van der Waals surface area contributed by atoms with Crippen LogP contribution in [0, 0.1) is 0 Å². The SMILES string of the molecule is COc1cc(CNC[C@H](O)CO)ccn1. The number of aromatic nitrogens is 1. The minimum atomic E-state index is -0.714. The van der Waals surface area contributed by atoms with Crippen molar-refractivity contribution in [1.29, 1.82) is 0 Å². The van der Waals surface area contributed by atoms with E-state index in [9.17, 15) is 0 Å². The summed E-state index contributed by atoms with van der Waals surface area (Å²) in [6.07, 6.45) is 0.951. The molecule has 5 heteroatoms. The molecule has 84 valence electrons. The zero-order valence-electron chi connectivity index (χ0n) is 8.68. The monoisotopic (exact) mass is 212 g/mol. The van der Waals surface area contributed by atoms with Crippen LogP contribution < -0.4 is 10.1 Å². The molecular formula is C10H16N2O3. The first-order valence-electron chi connectivity index (χ1n) is 4.75. The number of hydrogen-bond donors (Lipinski definition) is 3. The lowest BCUT2D eigenvalue weighted by atomic mass is 10.2. The number of ether oxygens (including phenoxy) is 1. The molecule has 0 bridgehead atoms. The van der Waals surface area contributed by atoms with Crippen LogP contribution >= 0.6 is 0 Å². The van der Waals surface area contributed by atoms with Gasteiger partial charge in [0.1, 0.15) is 0 Å². The maximum Gasteiger partial charge on any atom is 0.213 e. The Kier molecular flexibility index (Phi) is 5.03. The van der Waals surface area contributed by atoms with Crippen molar-refractivity contribution >= 4 is 0 Å². The van der Waals surface area contributed by atoms with Crippen LogP contribution in [0.2, 0.25) is 0 Å². The van der Waals surface area contributed by atoms with E-state index in [-0.39, 0.29) is 6.61 Å². The molecule has 0 unspecified atom stereocenters. The van der Waals surface area contributed by atoms with Crippen molar-refractivity contribution in [2.45, 2.75) is 12.6 Å². The van der Waals surface area contributed by atoms with Gasteiger partial charge in [0.15, 0.2) is 0 Å². The number of hydrogen-bond acceptors (Lipinski definition) is 5. The average molecular weight is 212 g/mol. The fraction of sp³-hybridized carbons (Fsp3) is 0.500. The van der Waals surface area contributed by atoms with Crippen molar-refractivity contribution in [3.8, 4) is 5.88 Å². The molecule has 0 saturated carbocycles. The summed E-state index contributed by atoms with van der Waals surface area (Å²) in [5.41, 5.74) is 1.02. The fourth-order valence-electron chi connectivity index (χ4n) is 1.12. The molecule has 0 aromatic carbocycles. The third kappa shape index (κ3) is 4.24. The highest BCUT2D eigenvalue weighted by Gasteiger charge is 2.01. The van der Waals surface area contributed by atoms with E-state index in [1.165, 1.54) is 0 Å². The predicted molar refractivity (Wildman–Crippen MR) is 55.6 cm³/mol. The number of aliphatic hydroxyl groups excluding tert-OH is 2. The van der Waals surface area contributed by atoms with Crippen molar-refractivity contribution in [3.63, 3.8) is 0 Å². The predicted octanol–water partition coefficient (Wildman–Crippen LogP) is -0.467. The Hall–Kier alpha value is -1.17. The molecule has 0 aliphatic rings. The van der Waals surface area contributed by atoms with Gasteiger partial charge in [-0.2, -0.15) is 0 Å². The standard InChI is InChI=1S/C10H16N2O3/c1-15-10-4-8(2-3-12-10)5-11-6-9(14)7-13/h2-4,9,11,13-14H,5-7H2,1H3/t9-/m0/s1. The first-order chi connectivity index (χ1) is 7.26. The van der Waals surface area contributed by atoms with Gasteiger partial charge in [0, 0.05) is 25.4 Å². The van der Waals surface area contributed by atoms with Crippen LogP contribution in [0.5, 0.6) is 5.88 Å². The second-order valence-corrected chi connectivity index (χ2v) is 3.17. The third-order valence-corrected chi connectivity index (χ3v) is 1.93. The van der Waals surface area contributed by atoms with Gasteiger partial charge in [0.25, 0.3) is 0 Å². The lowest BCUT2D eigenvalue weighted by Gasteiger charge is -2.09. The zero-order valence-corrected chi connectivity index (χ0v) is 8.68. The highest BCUT2D eigenvalue weighted by Crippen LogP contribution is 2.07. The van der Waals surface area contributed by atoms with Crippen LogP contribution in [0.15, 0.2) is 18.3 Å². The van der Waals surface area contributed by atoms with E-state index in [1.807, 2.05) is 12.1 Å². The van der Waals surface area contributed by atoms with Crippen LogP contribution in [-0.2, 0) is 6.54 Å². The van der Waals surface area contributed by atoms with E-state index < -0.39 is 6.10 Å². The molecular weight excluding hydrogens is 196 g/mol. The van der Waals surface area contributed by atoms with E-state index in [2.05, 4.69) is 10.3 Å². The summed E-state index contributed by atoms with van der Waals surface area (Å²) in [6.45, 7) is 0.740. The highest BCUT2D eigenvalue weighted by atomic mass is 16.5. The minimum Gasteiger partial charge on any atom is -0.481 e. The Morgan fingerprint density at radius 3 is 3.07 bits per heavy atom. The lowest BCUT2D eigenvalue weighted by molar-refractivity contribution is 0.0942. The van der Waals surface area contributed by atoms with Crippen LogP contribution in [-0.4, -0.2) is 41.6 Å². The smallest absolute Gasteiger partial charge is 0.213 e. The third-order valence-electron chi connectivity index (χ3n) is 1.93. The topological polar surface area (TPSA) is 74.6 Å². The molecule has 5 nitrogen and oxygen atoms in total. The number of pyridine rings is 1. The quantitative estimate of drug-likeness (QED) is 0.594. The number of aliphatic hydroxyl groups is 2. The molecule has 1 aromatic rings. The van der Waals surface area contributed by atoms with E-state index in [0.29, 0.717) is 19.0 Å². The Morgan fingerprint density at radius 1 is 1.60 bits per heavy atom. The van der Waals surface area contributed by atoms with Crippen molar-refractivity contribution < 1.29 is 14.9 Å². The van der Waals surface area contributed by atoms with Crippen molar-refractivity contribution in [2.24, 2.45) is 0 Å². The second kappa shape index (κ2) is 6.34. The molecule has 1 rings (SSSR count). The van der Waals surface area contributed by atoms with Crippen LogP contribution in [0.3, 0.4) is 0 Å². The Balaban J connectivity index is 2.37. The van der Waals surface area contributed by atoms with Crippen LogP contribution in [0.25, 0.3) is 0 Å².